The Bertz CT molecular complexity index is 848. The van der Waals surface area contributed by atoms with Crippen LogP contribution in [0, 0.1) is 0 Å². The SMILES string of the molecule is CN(Cc1ccccc1)C(=O)C=Cc1cn(C)c(=O)n(C)c1=O. The second-order valence-corrected chi connectivity index (χ2v) is 5.36. The Balaban J connectivity index is 2.15. The van der Waals surface area contributed by atoms with Crippen molar-refractivity contribution in [3.05, 3.63) is 74.6 Å². The van der Waals surface area contributed by atoms with Crippen LogP contribution in [0.5, 0.6) is 0 Å². The number of aromatic nitrogens is 2. The van der Waals surface area contributed by atoms with E-state index in [1.54, 1.807) is 19.0 Å². The van der Waals surface area contributed by atoms with E-state index in [4.69, 9.17) is 0 Å². The van der Waals surface area contributed by atoms with Crippen molar-refractivity contribution in [2.45, 2.75) is 6.54 Å². The zero-order chi connectivity index (χ0) is 17.0. The molecule has 0 spiro atoms. The molecular weight excluding hydrogens is 294 g/mol. The van der Waals surface area contributed by atoms with Gasteiger partial charge in [-0.15, -0.1) is 0 Å². The minimum Gasteiger partial charge on any atom is -0.338 e. The summed E-state index contributed by atoms with van der Waals surface area (Å²) in [5.41, 5.74) is 0.480. The number of aryl methyl sites for hydroxylation is 1. The van der Waals surface area contributed by atoms with Crippen LogP contribution in [0.4, 0.5) is 0 Å². The molecule has 1 aromatic heterocycles. The normalized spacial score (nSPS) is 10.9. The van der Waals surface area contributed by atoms with Gasteiger partial charge < -0.3 is 9.47 Å². The van der Waals surface area contributed by atoms with Crippen LogP contribution in [-0.2, 0) is 25.4 Å². The Morgan fingerprint density at radius 3 is 2.48 bits per heavy atom. The number of hydrogen-bond acceptors (Lipinski definition) is 3. The van der Waals surface area contributed by atoms with Crippen molar-refractivity contribution in [3.8, 4) is 0 Å². The number of rotatable bonds is 4. The van der Waals surface area contributed by atoms with E-state index in [1.807, 2.05) is 30.3 Å². The maximum Gasteiger partial charge on any atom is 0.330 e. The smallest absolute Gasteiger partial charge is 0.330 e. The number of amides is 1. The molecule has 0 saturated carbocycles. The second-order valence-electron chi connectivity index (χ2n) is 5.36. The summed E-state index contributed by atoms with van der Waals surface area (Å²) in [6, 6.07) is 9.63. The van der Waals surface area contributed by atoms with E-state index in [0.29, 0.717) is 6.54 Å². The molecule has 0 N–H and O–H groups in total. The molecule has 1 aromatic carbocycles. The van der Waals surface area contributed by atoms with E-state index < -0.39 is 11.2 Å². The Morgan fingerprint density at radius 2 is 1.83 bits per heavy atom. The van der Waals surface area contributed by atoms with Crippen LogP contribution in [0.15, 0.2) is 52.2 Å². The van der Waals surface area contributed by atoms with E-state index in [-0.39, 0.29) is 11.5 Å². The molecule has 6 nitrogen and oxygen atoms in total. The van der Waals surface area contributed by atoms with E-state index in [1.165, 1.54) is 30.0 Å². The van der Waals surface area contributed by atoms with Crippen LogP contribution < -0.4 is 11.2 Å². The van der Waals surface area contributed by atoms with Gasteiger partial charge in [0.15, 0.2) is 0 Å². The van der Waals surface area contributed by atoms with Gasteiger partial charge in [-0.3, -0.25) is 14.2 Å². The monoisotopic (exact) mass is 313 g/mol. The van der Waals surface area contributed by atoms with Crippen molar-refractivity contribution in [1.29, 1.82) is 0 Å². The summed E-state index contributed by atoms with van der Waals surface area (Å²) in [5.74, 6) is -0.218. The van der Waals surface area contributed by atoms with Crippen LogP contribution in [0.2, 0.25) is 0 Å². The molecule has 2 aromatic rings. The van der Waals surface area contributed by atoms with E-state index in [9.17, 15) is 14.4 Å². The largest absolute Gasteiger partial charge is 0.338 e. The van der Waals surface area contributed by atoms with Gasteiger partial charge in [0.1, 0.15) is 0 Å². The molecule has 2 rings (SSSR count). The Kier molecular flexibility index (Phi) is 4.95. The average Bonchev–Trinajstić information content (AvgIpc) is 2.55. The molecular formula is C17H19N3O3. The van der Waals surface area contributed by atoms with Gasteiger partial charge in [-0.1, -0.05) is 30.3 Å². The highest BCUT2D eigenvalue weighted by molar-refractivity contribution is 5.91. The highest BCUT2D eigenvalue weighted by Crippen LogP contribution is 2.03. The molecule has 0 radical (unpaired) electrons. The lowest BCUT2D eigenvalue weighted by Gasteiger charge is -2.15. The van der Waals surface area contributed by atoms with Gasteiger partial charge in [-0.05, 0) is 11.6 Å². The minimum absolute atomic E-state index is 0.218. The summed E-state index contributed by atoms with van der Waals surface area (Å²) in [7, 11) is 4.66. The van der Waals surface area contributed by atoms with Gasteiger partial charge in [-0.25, -0.2) is 4.79 Å². The molecule has 1 heterocycles. The lowest BCUT2D eigenvalue weighted by Crippen LogP contribution is -2.37. The summed E-state index contributed by atoms with van der Waals surface area (Å²) < 4.78 is 2.32. The Morgan fingerprint density at radius 1 is 1.17 bits per heavy atom. The average molecular weight is 313 g/mol. The summed E-state index contributed by atoms with van der Waals surface area (Å²) >= 11 is 0. The van der Waals surface area contributed by atoms with Gasteiger partial charge >= 0.3 is 5.69 Å². The highest BCUT2D eigenvalue weighted by Gasteiger charge is 2.07. The number of benzene rings is 1. The minimum atomic E-state index is -0.428. The van der Waals surface area contributed by atoms with Crippen molar-refractivity contribution in [3.63, 3.8) is 0 Å². The Labute approximate surface area is 133 Å². The molecule has 0 saturated heterocycles. The maximum absolute atomic E-state index is 12.1. The molecule has 0 aliphatic rings. The first kappa shape index (κ1) is 16.5. The first-order chi connectivity index (χ1) is 10.9. The van der Waals surface area contributed by atoms with E-state index in [2.05, 4.69) is 0 Å². The number of hydrogen-bond donors (Lipinski definition) is 0. The first-order valence-electron chi connectivity index (χ1n) is 7.14. The number of nitrogens with zero attached hydrogens (tertiary/aromatic N) is 3. The number of carbonyl (C=O) groups is 1. The quantitative estimate of drug-likeness (QED) is 0.783. The zero-order valence-electron chi connectivity index (χ0n) is 13.4. The summed E-state index contributed by atoms with van der Waals surface area (Å²) in [6.07, 6.45) is 4.20. The second kappa shape index (κ2) is 6.91. The molecule has 0 aliphatic heterocycles. The lowest BCUT2D eigenvalue weighted by molar-refractivity contribution is -0.125. The van der Waals surface area contributed by atoms with Gasteiger partial charge in [-0.2, -0.15) is 0 Å². The zero-order valence-corrected chi connectivity index (χ0v) is 13.4. The van der Waals surface area contributed by atoms with Crippen LogP contribution >= 0.6 is 0 Å². The number of likely N-dealkylation sites (N-methyl/N-ethyl adjacent to an activating group) is 1. The van der Waals surface area contributed by atoms with Crippen LogP contribution in [0.1, 0.15) is 11.1 Å². The topological polar surface area (TPSA) is 64.3 Å². The van der Waals surface area contributed by atoms with Crippen molar-refractivity contribution >= 4 is 12.0 Å². The molecule has 0 unspecified atom stereocenters. The predicted molar refractivity (Wildman–Crippen MR) is 88.9 cm³/mol. The standard InChI is InChI=1S/C17H19N3O3/c1-18(11-13-7-5-4-6-8-13)15(21)10-9-14-12-19(2)17(23)20(3)16(14)22/h4-10,12H,11H2,1-3H3. The molecule has 0 fully saturated rings. The fourth-order valence-corrected chi connectivity index (χ4v) is 2.17. The molecule has 0 bridgehead atoms. The lowest BCUT2D eigenvalue weighted by atomic mass is 10.2. The molecule has 1 amide bonds. The van der Waals surface area contributed by atoms with E-state index in [0.717, 1.165) is 10.1 Å². The van der Waals surface area contributed by atoms with Crippen molar-refractivity contribution in [2.75, 3.05) is 7.05 Å². The fraction of sp³-hybridized carbons (Fsp3) is 0.235. The van der Waals surface area contributed by atoms with Crippen molar-refractivity contribution in [2.24, 2.45) is 14.1 Å². The molecule has 6 heteroatoms. The molecule has 0 aliphatic carbocycles. The third-order valence-corrected chi connectivity index (χ3v) is 3.52. The summed E-state index contributed by atoms with van der Waals surface area (Å²) in [4.78, 5) is 37.3. The van der Waals surface area contributed by atoms with Gasteiger partial charge in [0.2, 0.25) is 5.91 Å². The van der Waals surface area contributed by atoms with Crippen molar-refractivity contribution in [1.82, 2.24) is 14.0 Å². The highest BCUT2D eigenvalue weighted by atomic mass is 16.2. The number of carbonyl (C=O) groups excluding carboxylic acids is 1. The fourth-order valence-electron chi connectivity index (χ4n) is 2.17. The van der Waals surface area contributed by atoms with E-state index >= 15 is 0 Å². The predicted octanol–water partition coefficient (Wildman–Crippen LogP) is 0.756. The first-order valence-corrected chi connectivity index (χ1v) is 7.14. The third kappa shape index (κ3) is 3.85. The van der Waals surface area contributed by atoms with Gasteiger partial charge in [0, 0.05) is 40.0 Å². The van der Waals surface area contributed by atoms with Crippen LogP contribution in [0.25, 0.3) is 6.08 Å². The molecule has 0 atom stereocenters. The van der Waals surface area contributed by atoms with Gasteiger partial charge in [0.25, 0.3) is 5.56 Å². The van der Waals surface area contributed by atoms with Crippen LogP contribution in [0.3, 0.4) is 0 Å². The van der Waals surface area contributed by atoms with Gasteiger partial charge in [0.05, 0.1) is 5.56 Å². The van der Waals surface area contributed by atoms with Crippen molar-refractivity contribution < 1.29 is 4.79 Å². The molecule has 23 heavy (non-hydrogen) atoms. The Hall–Kier alpha value is -2.89. The maximum atomic E-state index is 12.1. The summed E-state index contributed by atoms with van der Waals surface area (Å²) in [5, 5.41) is 0. The summed E-state index contributed by atoms with van der Waals surface area (Å²) in [6.45, 7) is 0.481. The molecule has 120 valence electrons. The third-order valence-electron chi connectivity index (χ3n) is 3.52. The van der Waals surface area contributed by atoms with Crippen LogP contribution in [-0.4, -0.2) is 27.0 Å².